The summed E-state index contributed by atoms with van der Waals surface area (Å²) in [5.74, 6) is 1.47. The van der Waals surface area contributed by atoms with E-state index in [9.17, 15) is 19.5 Å². The zero-order valence-corrected chi connectivity index (χ0v) is 22.6. The van der Waals surface area contributed by atoms with Gasteiger partial charge in [0.05, 0.1) is 6.61 Å². The molecule has 0 saturated carbocycles. The Hall–Kier alpha value is -3.83. The van der Waals surface area contributed by atoms with Crippen LogP contribution >= 0.6 is 0 Å². The molecule has 2 atom stereocenters. The number of aliphatic hydroxyl groups is 1. The Balaban J connectivity index is 2.52. The van der Waals surface area contributed by atoms with E-state index < -0.39 is 48.2 Å². The fourth-order valence-corrected chi connectivity index (χ4v) is 3.90. The molecule has 8 nitrogen and oxygen atoms in total. The number of amides is 3. The maximum absolute atomic E-state index is 13.8. The van der Waals surface area contributed by atoms with Crippen molar-refractivity contribution in [3.63, 3.8) is 0 Å². The van der Waals surface area contributed by atoms with Gasteiger partial charge < -0.3 is 25.4 Å². The van der Waals surface area contributed by atoms with E-state index in [4.69, 9.17) is 11.2 Å². The van der Waals surface area contributed by atoms with E-state index in [-0.39, 0.29) is 0 Å². The van der Waals surface area contributed by atoms with E-state index in [0.717, 1.165) is 11.1 Å². The van der Waals surface area contributed by atoms with Gasteiger partial charge in [-0.2, -0.15) is 0 Å². The summed E-state index contributed by atoms with van der Waals surface area (Å²) in [6.07, 6.45) is 4.65. The average molecular weight is 508 g/mol. The number of para-hydroxylation sites is 1. The molecule has 0 aromatic heterocycles. The topological polar surface area (TPSA) is 108 Å². The molecule has 0 aliphatic rings. The van der Waals surface area contributed by atoms with E-state index in [1.807, 2.05) is 32.0 Å². The number of hydrogen-bond acceptors (Lipinski definition) is 5. The summed E-state index contributed by atoms with van der Waals surface area (Å²) in [5, 5.41) is 15.4. The van der Waals surface area contributed by atoms with E-state index in [1.54, 1.807) is 58.9 Å². The Morgan fingerprint density at radius 1 is 1.05 bits per heavy atom. The Morgan fingerprint density at radius 3 is 2.08 bits per heavy atom. The monoisotopic (exact) mass is 507 g/mol. The molecule has 0 saturated heterocycles. The minimum absolute atomic E-state index is 0.443. The lowest BCUT2D eigenvalue weighted by Gasteiger charge is -2.37. The molecule has 0 spiro atoms. The Kier molecular flexibility index (Phi) is 9.87. The number of carbonyl (C=O) groups excluding carboxylic acids is 3. The summed E-state index contributed by atoms with van der Waals surface area (Å²) < 4.78 is 5.25. The zero-order chi connectivity index (χ0) is 27.9. The molecular formula is C29H37N3O5. The van der Waals surface area contributed by atoms with Crippen molar-refractivity contribution >= 4 is 23.6 Å². The van der Waals surface area contributed by atoms with Crippen molar-refractivity contribution in [2.75, 3.05) is 11.9 Å². The SMILES string of the molecule is C#Cc1ccc(C(C(=O)Nc2c(C)cccc2C)N(C(=O)C(CO)NC(=O)OC(C)(C)C)C(C)C)cc1. The number of rotatable bonds is 8. The van der Waals surface area contributed by atoms with Crippen LogP contribution in [0.3, 0.4) is 0 Å². The molecule has 0 aliphatic heterocycles. The summed E-state index contributed by atoms with van der Waals surface area (Å²) >= 11 is 0. The van der Waals surface area contributed by atoms with Gasteiger partial charge in [-0.05, 0) is 77.3 Å². The molecule has 0 aliphatic carbocycles. The van der Waals surface area contributed by atoms with E-state index in [1.165, 1.54) is 4.90 Å². The van der Waals surface area contributed by atoms with Crippen LogP contribution < -0.4 is 10.6 Å². The minimum atomic E-state index is -1.32. The molecule has 2 rings (SSSR count). The third kappa shape index (κ3) is 7.83. The maximum atomic E-state index is 13.8. The molecule has 0 heterocycles. The van der Waals surface area contributed by atoms with Gasteiger partial charge in [-0.3, -0.25) is 9.59 Å². The molecule has 0 radical (unpaired) electrons. The molecule has 37 heavy (non-hydrogen) atoms. The first-order valence-electron chi connectivity index (χ1n) is 12.1. The lowest BCUT2D eigenvalue weighted by Crippen LogP contribution is -2.55. The van der Waals surface area contributed by atoms with E-state index in [2.05, 4.69) is 16.6 Å². The van der Waals surface area contributed by atoms with E-state index in [0.29, 0.717) is 16.8 Å². The van der Waals surface area contributed by atoms with Gasteiger partial charge in [0.2, 0.25) is 5.91 Å². The van der Waals surface area contributed by atoms with Crippen LogP contribution in [-0.4, -0.2) is 52.2 Å². The molecule has 2 unspecified atom stereocenters. The number of aliphatic hydroxyl groups excluding tert-OH is 1. The molecule has 3 N–H and O–H groups in total. The lowest BCUT2D eigenvalue weighted by molar-refractivity contribution is -0.143. The van der Waals surface area contributed by atoms with Gasteiger partial charge in [0.1, 0.15) is 17.7 Å². The zero-order valence-electron chi connectivity index (χ0n) is 22.6. The lowest BCUT2D eigenvalue weighted by atomic mass is 9.99. The first-order chi connectivity index (χ1) is 17.3. The Labute approximate surface area is 219 Å². The Morgan fingerprint density at radius 2 is 1.62 bits per heavy atom. The number of nitrogens with zero attached hydrogens (tertiary/aromatic N) is 1. The highest BCUT2D eigenvalue weighted by molar-refractivity contribution is 6.00. The number of terminal acetylenes is 1. The summed E-state index contributed by atoms with van der Waals surface area (Å²) in [6, 6.07) is 9.58. The first-order valence-corrected chi connectivity index (χ1v) is 12.1. The van der Waals surface area contributed by atoms with Gasteiger partial charge in [0.25, 0.3) is 5.91 Å². The smallest absolute Gasteiger partial charge is 0.408 e. The molecule has 198 valence electrons. The van der Waals surface area contributed by atoms with Crippen molar-refractivity contribution in [3.05, 3.63) is 64.7 Å². The standard InChI is InChI=1S/C29H37N3O5/c1-9-21-13-15-22(16-14-21)25(26(34)31-24-19(4)11-10-12-20(24)5)32(18(2)3)27(35)23(17-33)30-28(36)37-29(6,7)8/h1,10-16,18,23,25,33H,17H2,2-8H3,(H,30,36)(H,31,34). The van der Waals surface area contributed by atoms with Crippen molar-refractivity contribution in [3.8, 4) is 12.3 Å². The van der Waals surface area contributed by atoms with Crippen LogP contribution in [-0.2, 0) is 14.3 Å². The molecule has 2 aromatic carbocycles. The highest BCUT2D eigenvalue weighted by atomic mass is 16.6. The Bertz CT molecular complexity index is 1140. The summed E-state index contributed by atoms with van der Waals surface area (Å²) in [5.41, 5.74) is 2.75. The van der Waals surface area contributed by atoms with Crippen LogP contribution in [0.4, 0.5) is 10.5 Å². The van der Waals surface area contributed by atoms with Crippen LogP contribution in [0.1, 0.15) is 62.9 Å². The first kappa shape index (κ1) is 29.4. The predicted octanol–water partition coefficient (Wildman–Crippen LogP) is 4.09. The van der Waals surface area contributed by atoms with Crippen molar-refractivity contribution in [1.29, 1.82) is 0 Å². The van der Waals surface area contributed by atoms with Gasteiger partial charge in [-0.25, -0.2) is 4.79 Å². The number of aryl methyl sites for hydroxylation is 2. The number of carbonyl (C=O) groups is 3. The second kappa shape index (κ2) is 12.4. The number of benzene rings is 2. The molecule has 2 aromatic rings. The van der Waals surface area contributed by atoms with Crippen molar-refractivity contribution < 1.29 is 24.2 Å². The van der Waals surface area contributed by atoms with Crippen LogP contribution in [0.2, 0.25) is 0 Å². The van der Waals surface area contributed by atoms with Crippen molar-refractivity contribution in [2.24, 2.45) is 0 Å². The van der Waals surface area contributed by atoms with Gasteiger partial charge in [0.15, 0.2) is 0 Å². The normalized spacial score (nSPS) is 12.8. The van der Waals surface area contributed by atoms with Crippen LogP contribution in [0.15, 0.2) is 42.5 Å². The number of hydrogen-bond donors (Lipinski definition) is 3. The number of alkyl carbamates (subject to hydrolysis) is 1. The fourth-order valence-electron chi connectivity index (χ4n) is 3.90. The second-order valence-electron chi connectivity index (χ2n) is 10.1. The predicted molar refractivity (Wildman–Crippen MR) is 144 cm³/mol. The molecule has 0 bridgehead atoms. The summed E-state index contributed by atoms with van der Waals surface area (Å²) in [7, 11) is 0. The number of nitrogens with one attached hydrogen (secondary N) is 2. The van der Waals surface area contributed by atoms with Gasteiger partial charge in [0, 0.05) is 17.3 Å². The van der Waals surface area contributed by atoms with Gasteiger partial charge in [-0.1, -0.05) is 36.3 Å². The third-order valence-electron chi connectivity index (χ3n) is 5.63. The summed E-state index contributed by atoms with van der Waals surface area (Å²) in [6.45, 7) is 11.7. The summed E-state index contributed by atoms with van der Waals surface area (Å²) in [4.78, 5) is 41.3. The van der Waals surface area contributed by atoms with Crippen molar-refractivity contribution in [1.82, 2.24) is 10.2 Å². The minimum Gasteiger partial charge on any atom is -0.444 e. The van der Waals surface area contributed by atoms with Crippen LogP contribution in [0.5, 0.6) is 0 Å². The maximum Gasteiger partial charge on any atom is 0.408 e. The van der Waals surface area contributed by atoms with Crippen LogP contribution in [0.25, 0.3) is 0 Å². The van der Waals surface area contributed by atoms with Crippen LogP contribution in [0, 0.1) is 26.2 Å². The molecule has 0 fully saturated rings. The van der Waals surface area contributed by atoms with Gasteiger partial charge >= 0.3 is 6.09 Å². The van der Waals surface area contributed by atoms with E-state index >= 15 is 0 Å². The quantitative estimate of drug-likeness (QED) is 0.467. The third-order valence-corrected chi connectivity index (χ3v) is 5.63. The molecule has 3 amide bonds. The fraction of sp³-hybridized carbons (Fsp3) is 0.414. The molecular weight excluding hydrogens is 470 g/mol. The highest BCUT2D eigenvalue weighted by Crippen LogP contribution is 2.28. The molecule has 8 heteroatoms. The average Bonchev–Trinajstić information content (AvgIpc) is 2.81. The number of ether oxygens (including phenoxy) is 1. The highest BCUT2D eigenvalue weighted by Gasteiger charge is 2.38. The second-order valence-corrected chi connectivity index (χ2v) is 10.1. The van der Waals surface area contributed by atoms with Crippen molar-refractivity contribution in [2.45, 2.75) is 72.2 Å². The number of anilines is 1. The van der Waals surface area contributed by atoms with Gasteiger partial charge in [-0.15, -0.1) is 6.42 Å². The largest absolute Gasteiger partial charge is 0.444 e.